The van der Waals surface area contributed by atoms with Crippen LogP contribution in [0.2, 0.25) is 0 Å². The quantitative estimate of drug-likeness (QED) is 0.928. The Bertz CT molecular complexity index is 361. The number of halogens is 1. The summed E-state index contributed by atoms with van der Waals surface area (Å²) in [6, 6.07) is 0.357. The van der Waals surface area contributed by atoms with Crippen molar-refractivity contribution in [3.8, 4) is 0 Å². The normalized spacial score (nSPS) is 19.5. The number of aryl methyl sites for hydroxylation is 1. The van der Waals surface area contributed by atoms with E-state index in [0.29, 0.717) is 12.0 Å². The number of hydrogen-bond donors (Lipinski definition) is 1. The average molecular weight is 302 g/mol. The minimum absolute atomic E-state index is 0.357. The van der Waals surface area contributed by atoms with Gasteiger partial charge in [-0.15, -0.1) is 0 Å². The van der Waals surface area contributed by atoms with Crippen LogP contribution in [-0.2, 0) is 11.3 Å². The molecule has 17 heavy (non-hydrogen) atoms. The lowest BCUT2D eigenvalue weighted by molar-refractivity contribution is 0.0534. The van der Waals surface area contributed by atoms with Crippen molar-refractivity contribution in [2.45, 2.75) is 32.4 Å². The molecular weight excluding hydrogens is 282 g/mol. The maximum atomic E-state index is 5.44. The maximum absolute atomic E-state index is 5.44. The lowest BCUT2D eigenvalue weighted by atomic mass is 9.89. The summed E-state index contributed by atoms with van der Waals surface area (Å²) in [5.41, 5.74) is 1.27. The largest absolute Gasteiger partial charge is 0.381 e. The van der Waals surface area contributed by atoms with Gasteiger partial charge in [0.25, 0.3) is 0 Å². The van der Waals surface area contributed by atoms with E-state index in [-0.39, 0.29) is 0 Å². The van der Waals surface area contributed by atoms with Crippen LogP contribution >= 0.6 is 15.9 Å². The Hall–Kier alpha value is -0.390. The van der Waals surface area contributed by atoms with E-state index in [9.17, 15) is 0 Å². The van der Waals surface area contributed by atoms with E-state index in [0.717, 1.165) is 37.1 Å². The third kappa shape index (κ3) is 2.72. The Kier molecular flexibility index (Phi) is 4.59. The molecule has 0 amide bonds. The molecular formula is C12H20BrN3O. The fraction of sp³-hybridized carbons (Fsp3) is 0.750. The minimum atomic E-state index is 0.357. The van der Waals surface area contributed by atoms with Crippen LogP contribution in [0.25, 0.3) is 0 Å². The fourth-order valence-electron chi connectivity index (χ4n) is 2.58. The van der Waals surface area contributed by atoms with Gasteiger partial charge in [0.1, 0.15) is 0 Å². The highest BCUT2D eigenvalue weighted by molar-refractivity contribution is 9.10. The van der Waals surface area contributed by atoms with E-state index in [4.69, 9.17) is 4.74 Å². The fourth-order valence-corrected chi connectivity index (χ4v) is 3.12. The Morgan fingerprint density at radius 2 is 2.29 bits per heavy atom. The van der Waals surface area contributed by atoms with Gasteiger partial charge in [-0.05, 0) is 48.7 Å². The van der Waals surface area contributed by atoms with Crippen molar-refractivity contribution < 1.29 is 4.74 Å². The summed E-state index contributed by atoms with van der Waals surface area (Å²) in [6.07, 6.45) is 4.13. The molecule has 1 saturated heterocycles. The van der Waals surface area contributed by atoms with Gasteiger partial charge in [-0.25, -0.2) is 0 Å². The molecule has 1 aromatic rings. The van der Waals surface area contributed by atoms with Gasteiger partial charge in [-0.1, -0.05) is 0 Å². The SMILES string of the molecule is CCn1ncc(Br)c1C(NC)C1CCOCC1. The van der Waals surface area contributed by atoms with Crippen molar-refractivity contribution in [3.63, 3.8) is 0 Å². The molecule has 1 aliphatic rings. The third-order valence-electron chi connectivity index (χ3n) is 3.48. The van der Waals surface area contributed by atoms with Crippen molar-refractivity contribution in [2.24, 2.45) is 5.92 Å². The number of aromatic nitrogens is 2. The Balaban J connectivity index is 2.23. The van der Waals surface area contributed by atoms with Crippen LogP contribution in [0, 0.1) is 5.92 Å². The molecule has 1 aliphatic heterocycles. The van der Waals surface area contributed by atoms with Crippen LogP contribution in [0.3, 0.4) is 0 Å². The first kappa shape index (κ1) is 13.1. The molecule has 1 N–H and O–H groups in total. The summed E-state index contributed by atoms with van der Waals surface area (Å²) < 4.78 is 8.61. The monoisotopic (exact) mass is 301 g/mol. The molecule has 0 aliphatic carbocycles. The second kappa shape index (κ2) is 5.98. The molecule has 1 unspecified atom stereocenters. The number of nitrogens with zero attached hydrogens (tertiary/aromatic N) is 2. The number of hydrogen-bond acceptors (Lipinski definition) is 3. The van der Waals surface area contributed by atoms with E-state index < -0.39 is 0 Å². The van der Waals surface area contributed by atoms with Crippen molar-refractivity contribution >= 4 is 15.9 Å². The molecule has 4 nitrogen and oxygen atoms in total. The summed E-state index contributed by atoms with van der Waals surface area (Å²) in [6.45, 7) is 4.78. The summed E-state index contributed by atoms with van der Waals surface area (Å²) in [7, 11) is 2.03. The molecule has 1 atom stereocenters. The Labute approximate surface area is 111 Å². The van der Waals surface area contributed by atoms with Gasteiger partial charge in [0, 0.05) is 19.8 Å². The van der Waals surface area contributed by atoms with Crippen molar-refractivity contribution in [3.05, 3.63) is 16.4 Å². The van der Waals surface area contributed by atoms with Crippen molar-refractivity contribution in [1.82, 2.24) is 15.1 Å². The van der Waals surface area contributed by atoms with E-state index >= 15 is 0 Å². The zero-order valence-electron chi connectivity index (χ0n) is 10.4. The van der Waals surface area contributed by atoms with Crippen molar-refractivity contribution in [2.75, 3.05) is 20.3 Å². The first-order chi connectivity index (χ1) is 8.27. The molecule has 5 heteroatoms. The first-order valence-electron chi connectivity index (χ1n) is 6.24. The van der Waals surface area contributed by atoms with Gasteiger partial charge in [-0.2, -0.15) is 5.10 Å². The molecule has 0 bridgehead atoms. The zero-order chi connectivity index (χ0) is 12.3. The third-order valence-corrected chi connectivity index (χ3v) is 4.09. The molecule has 2 heterocycles. The van der Waals surface area contributed by atoms with Gasteiger partial charge in [0.05, 0.1) is 22.4 Å². The second-order valence-electron chi connectivity index (χ2n) is 4.41. The van der Waals surface area contributed by atoms with Gasteiger partial charge in [-0.3, -0.25) is 4.68 Å². The summed E-state index contributed by atoms with van der Waals surface area (Å²) in [5.74, 6) is 0.632. The van der Waals surface area contributed by atoms with Crippen LogP contribution < -0.4 is 5.32 Å². The van der Waals surface area contributed by atoms with Crippen LogP contribution in [0.1, 0.15) is 31.5 Å². The molecule has 2 rings (SSSR count). The first-order valence-corrected chi connectivity index (χ1v) is 7.03. The lowest BCUT2D eigenvalue weighted by Gasteiger charge is -2.30. The van der Waals surface area contributed by atoms with E-state index in [1.807, 2.05) is 13.2 Å². The van der Waals surface area contributed by atoms with Gasteiger partial charge < -0.3 is 10.1 Å². The summed E-state index contributed by atoms with van der Waals surface area (Å²) in [5, 5.41) is 7.84. The molecule has 0 saturated carbocycles. The molecule has 96 valence electrons. The summed E-state index contributed by atoms with van der Waals surface area (Å²) >= 11 is 3.61. The number of ether oxygens (including phenoxy) is 1. The van der Waals surface area contributed by atoms with Crippen LogP contribution in [-0.4, -0.2) is 30.0 Å². The van der Waals surface area contributed by atoms with Crippen LogP contribution in [0.5, 0.6) is 0 Å². The smallest absolute Gasteiger partial charge is 0.0698 e. The van der Waals surface area contributed by atoms with Gasteiger partial charge >= 0.3 is 0 Å². The van der Waals surface area contributed by atoms with Gasteiger partial charge in [0.15, 0.2) is 0 Å². The molecule has 0 spiro atoms. The second-order valence-corrected chi connectivity index (χ2v) is 5.26. The summed E-state index contributed by atoms with van der Waals surface area (Å²) in [4.78, 5) is 0. The predicted molar refractivity (Wildman–Crippen MR) is 70.9 cm³/mol. The van der Waals surface area contributed by atoms with E-state index in [2.05, 4.69) is 38.0 Å². The molecule has 0 radical (unpaired) electrons. The van der Waals surface area contributed by atoms with E-state index in [1.165, 1.54) is 5.69 Å². The Morgan fingerprint density at radius 1 is 1.59 bits per heavy atom. The number of rotatable bonds is 4. The minimum Gasteiger partial charge on any atom is -0.381 e. The Morgan fingerprint density at radius 3 is 2.88 bits per heavy atom. The zero-order valence-corrected chi connectivity index (χ0v) is 12.0. The van der Waals surface area contributed by atoms with Crippen LogP contribution in [0.15, 0.2) is 10.7 Å². The highest BCUT2D eigenvalue weighted by Crippen LogP contribution is 2.33. The highest BCUT2D eigenvalue weighted by Gasteiger charge is 2.28. The average Bonchev–Trinajstić information content (AvgIpc) is 2.74. The van der Waals surface area contributed by atoms with Gasteiger partial charge in [0.2, 0.25) is 0 Å². The lowest BCUT2D eigenvalue weighted by Crippen LogP contribution is -2.32. The molecule has 1 fully saturated rings. The number of nitrogens with one attached hydrogen (secondary N) is 1. The topological polar surface area (TPSA) is 39.1 Å². The van der Waals surface area contributed by atoms with Crippen LogP contribution in [0.4, 0.5) is 0 Å². The maximum Gasteiger partial charge on any atom is 0.0698 e. The molecule has 0 aromatic carbocycles. The van der Waals surface area contributed by atoms with Crippen molar-refractivity contribution in [1.29, 1.82) is 0 Å². The standard InChI is InChI=1S/C12H20BrN3O/c1-3-16-12(10(13)8-15-16)11(14-2)9-4-6-17-7-5-9/h8-9,11,14H,3-7H2,1-2H3. The predicted octanol–water partition coefficient (Wildman–Crippen LogP) is 2.35. The highest BCUT2D eigenvalue weighted by atomic mass is 79.9. The van der Waals surface area contributed by atoms with E-state index in [1.54, 1.807) is 0 Å². The molecule has 1 aromatic heterocycles.